The van der Waals surface area contributed by atoms with Crippen molar-refractivity contribution < 1.29 is 9.84 Å². The summed E-state index contributed by atoms with van der Waals surface area (Å²) in [5.41, 5.74) is 1.70. The molecule has 0 atom stereocenters. The number of hydrogen-bond acceptors (Lipinski definition) is 3. The summed E-state index contributed by atoms with van der Waals surface area (Å²) in [7, 11) is 0. The number of halogens is 1. The lowest BCUT2D eigenvalue weighted by molar-refractivity contribution is 0.303. The van der Waals surface area contributed by atoms with Gasteiger partial charge in [0.25, 0.3) is 0 Å². The molecule has 0 unspecified atom stereocenters. The lowest BCUT2D eigenvalue weighted by atomic mass is 10.3. The van der Waals surface area contributed by atoms with Gasteiger partial charge in [0.2, 0.25) is 5.28 Å². The van der Waals surface area contributed by atoms with E-state index in [1.165, 1.54) is 0 Å². The molecular formula is C14H11ClN2O2. The number of hydrogen-bond donors (Lipinski definition) is 1. The maximum absolute atomic E-state index is 9.20. The van der Waals surface area contributed by atoms with Gasteiger partial charge in [-0.15, -0.1) is 0 Å². The molecule has 0 saturated carbocycles. The van der Waals surface area contributed by atoms with Gasteiger partial charge in [0.15, 0.2) is 0 Å². The third kappa shape index (κ3) is 2.35. The Morgan fingerprint density at radius 2 is 1.95 bits per heavy atom. The first-order chi connectivity index (χ1) is 9.24. The fourth-order valence-corrected chi connectivity index (χ4v) is 2.11. The molecule has 0 aliphatic heterocycles. The molecule has 5 heteroatoms. The third-order valence-corrected chi connectivity index (χ3v) is 3.06. The molecule has 2 aromatic heterocycles. The van der Waals surface area contributed by atoms with Crippen LogP contribution in [0.1, 0.15) is 5.69 Å². The van der Waals surface area contributed by atoms with Gasteiger partial charge < -0.3 is 9.84 Å². The Morgan fingerprint density at radius 3 is 2.74 bits per heavy atom. The molecule has 4 nitrogen and oxygen atoms in total. The number of nitrogens with zero attached hydrogens (tertiary/aromatic N) is 2. The molecule has 0 radical (unpaired) electrons. The number of ether oxygens (including phenoxy) is 1. The lowest BCUT2D eigenvalue weighted by Crippen LogP contribution is -1.96. The molecule has 3 rings (SSSR count). The van der Waals surface area contributed by atoms with E-state index in [0.29, 0.717) is 17.6 Å². The van der Waals surface area contributed by atoms with Crippen molar-refractivity contribution in [3.05, 3.63) is 59.6 Å². The summed E-state index contributed by atoms with van der Waals surface area (Å²) in [6.07, 6.45) is 1.86. The number of aromatic nitrogens is 2. The Balaban J connectivity index is 1.84. The van der Waals surface area contributed by atoms with E-state index in [0.717, 1.165) is 11.2 Å². The van der Waals surface area contributed by atoms with Gasteiger partial charge in [0, 0.05) is 6.20 Å². The van der Waals surface area contributed by atoms with Crippen molar-refractivity contribution in [2.45, 2.75) is 6.61 Å². The van der Waals surface area contributed by atoms with Gasteiger partial charge in [-0.2, -0.15) is 0 Å². The van der Waals surface area contributed by atoms with Gasteiger partial charge in [-0.05, 0) is 48.0 Å². The monoisotopic (exact) mass is 274 g/mol. The van der Waals surface area contributed by atoms with Gasteiger partial charge in [-0.1, -0.05) is 6.07 Å². The molecule has 3 aromatic rings. The summed E-state index contributed by atoms with van der Waals surface area (Å²) >= 11 is 6.04. The smallest absolute Gasteiger partial charge is 0.207 e. The molecule has 1 aromatic carbocycles. The minimum atomic E-state index is 0.211. The minimum Gasteiger partial charge on any atom is -0.508 e. The van der Waals surface area contributed by atoms with Crippen LogP contribution in [-0.4, -0.2) is 14.5 Å². The molecule has 0 aliphatic rings. The van der Waals surface area contributed by atoms with Crippen LogP contribution in [0.25, 0.3) is 5.52 Å². The predicted octanol–water partition coefficient (Wildman–Crippen LogP) is 3.27. The van der Waals surface area contributed by atoms with E-state index in [1.807, 2.05) is 24.4 Å². The van der Waals surface area contributed by atoms with Gasteiger partial charge in [0.05, 0.1) is 5.52 Å². The quantitative estimate of drug-likeness (QED) is 0.797. The van der Waals surface area contributed by atoms with Crippen LogP contribution in [0.2, 0.25) is 5.28 Å². The van der Waals surface area contributed by atoms with Gasteiger partial charge in [-0.3, -0.25) is 4.40 Å². The normalized spacial score (nSPS) is 10.8. The second kappa shape index (κ2) is 4.82. The van der Waals surface area contributed by atoms with Crippen LogP contribution in [0, 0.1) is 0 Å². The third-order valence-electron chi connectivity index (χ3n) is 2.79. The van der Waals surface area contributed by atoms with Crippen molar-refractivity contribution in [2.24, 2.45) is 0 Å². The molecule has 0 amide bonds. The van der Waals surface area contributed by atoms with Crippen molar-refractivity contribution in [2.75, 3.05) is 0 Å². The van der Waals surface area contributed by atoms with E-state index >= 15 is 0 Å². The molecule has 0 spiro atoms. The van der Waals surface area contributed by atoms with Crippen LogP contribution in [0.4, 0.5) is 0 Å². The standard InChI is InChI=1S/C14H11ClN2O2/c15-14-16-12(13-3-1-2-8-17(13)14)9-19-11-6-4-10(18)5-7-11/h1-8,18H,9H2. The fourth-order valence-electron chi connectivity index (χ4n) is 1.86. The first kappa shape index (κ1) is 11.9. The Kier molecular flexibility index (Phi) is 3.01. The van der Waals surface area contributed by atoms with E-state index in [4.69, 9.17) is 16.3 Å². The topological polar surface area (TPSA) is 46.8 Å². The summed E-state index contributed by atoms with van der Waals surface area (Å²) in [5, 5.41) is 9.61. The van der Waals surface area contributed by atoms with Crippen LogP contribution in [-0.2, 0) is 6.61 Å². The van der Waals surface area contributed by atoms with E-state index in [1.54, 1.807) is 28.7 Å². The summed E-state index contributed by atoms with van der Waals surface area (Å²) in [4.78, 5) is 4.28. The Morgan fingerprint density at radius 1 is 1.16 bits per heavy atom. The van der Waals surface area contributed by atoms with Crippen molar-refractivity contribution in [3.63, 3.8) is 0 Å². The minimum absolute atomic E-state index is 0.211. The highest BCUT2D eigenvalue weighted by Crippen LogP contribution is 2.20. The van der Waals surface area contributed by atoms with E-state index in [9.17, 15) is 5.11 Å². The van der Waals surface area contributed by atoms with Crippen molar-refractivity contribution >= 4 is 17.1 Å². The number of aromatic hydroxyl groups is 1. The zero-order chi connectivity index (χ0) is 13.2. The molecule has 0 saturated heterocycles. The molecule has 0 aliphatic carbocycles. The zero-order valence-corrected chi connectivity index (χ0v) is 10.7. The van der Waals surface area contributed by atoms with Crippen LogP contribution in [0.15, 0.2) is 48.7 Å². The number of pyridine rings is 1. The molecule has 2 heterocycles. The fraction of sp³-hybridized carbons (Fsp3) is 0.0714. The van der Waals surface area contributed by atoms with Crippen molar-refractivity contribution in [3.8, 4) is 11.5 Å². The number of phenolic OH excluding ortho intramolecular Hbond substituents is 1. The van der Waals surface area contributed by atoms with Gasteiger partial charge >= 0.3 is 0 Å². The Labute approximate surface area is 114 Å². The number of benzene rings is 1. The van der Waals surface area contributed by atoms with Crippen LogP contribution in [0.5, 0.6) is 11.5 Å². The highest BCUT2D eigenvalue weighted by molar-refractivity contribution is 6.28. The van der Waals surface area contributed by atoms with Crippen molar-refractivity contribution in [1.82, 2.24) is 9.38 Å². The second-order valence-corrected chi connectivity index (χ2v) is 4.40. The zero-order valence-electron chi connectivity index (χ0n) is 9.95. The van der Waals surface area contributed by atoms with E-state index in [2.05, 4.69) is 4.98 Å². The number of rotatable bonds is 3. The molecule has 0 fully saturated rings. The highest BCUT2D eigenvalue weighted by Gasteiger charge is 2.09. The number of imidazole rings is 1. The first-order valence-corrected chi connectivity index (χ1v) is 6.15. The van der Waals surface area contributed by atoms with E-state index in [-0.39, 0.29) is 5.75 Å². The highest BCUT2D eigenvalue weighted by atomic mass is 35.5. The summed E-state index contributed by atoms with van der Waals surface area (Å²) in [6, 6.07) is 12.3. The molecule has 0 bridgehead atoms. The average Bonchev–Trinajstić information content (AvgIpc) is 2.76. The largest absolute Gasteiger partial charge is 0.508 e. The number of phenols is 1. The predicted molar refractivity (Wildman–Crippen MR) is 72.6 cm³/mol. The summed E-state index contributed by atoms with van der Waals surface area (Å²) in [5.74, 6) is 0.883. The lowest BCUT2D eigenvalue weighted by Gasteiger charge is -2.04. The van der Waals surface area contributed by atoms with Gasteiger partial charge in [-0.25, -0.2) is 4.98 Å². The molecular weight excluding hydrogens is 264 g/mol. The number of fused-ring (bicyclic) bond motifs is 1. The van der Waals surface area contributed by atoms with Crippen LogP contribution >= 0.6 is 11.6 Å². The molecule has 19 heavy (non-hydrogen) atoms. The second-order valence-electron chi connectivity index (χ2n) is 4.07. The molecule has 1 N–H and O–H groups in total. The van der Waals surface area contributed by atoms with E-state index < -0.39 is 0 Å². The van der Waals surface area contributed by atoms with Crippen molar-refractivity contribution in [1.29, 1.82) is 0 Å². The first-order valence-electron chi connectivity index (χ1n) is 5.77. The van der Waals surface area contributed by atoms with Crippen LogP contribution in [0.3, 0.4) is 0 Å². The Hall–Kier alpha value is -2.20. The van der Waals surface area contributed by atoms with Gasteiger partial charge in [0.1, 0.15) is 23.8 Å². The average molecular weight is 275 g/mol. The summed E-state index contributed by atoms with van der Waals surface area (Å²) < 4.78 is 7.43. The molecule has 96 valence electrons. The maximum Gasteiger partial charge on any atom is 0.207 e. The SMILES string of the molecule is Oc1ccc(OCc2nc(Cl)n3ccccc23)cc1. The maximum atomic E-state index is 9.20. The van der Waals surface area contributed by atoms with Crippen LogP contribution < -0.4 is 4.74 Å². The Bertz CT molecular complexity index is 707. The summed E-state index contributed by atoms with van der Waals surface area (Å²) in [6.45, 7) is 0.324.